The molecule has 0 aromatic carbocycles. The van der Waals surface area contributed by atoms with E-state index in [1.165, 1.54) is 11.1 Å². The molecule has 0 aliphatic heterocycles. The highest BCUT2D eigenvalue weighted by Crippen LogP contribution is 2.14. The summed E-state index contributed by atoms with van der Waals surface area (Å²) in [6.07, 6.45) is 1.43. The molecular formula is C10H10Cl2N4O2. The van der Waals surface area contributed by atoms with Crippen molar-refractivity contribution in [2.24, 2.45) is 0 Å². The molecule has 8 heteroatoms. The van der Waals surface area contributed by atoms with Gasteiger partial charge in [0.2, 0.25) is 5.91 Å². The van der Waals surface area contributed by atoms with Crippen LogP contribution in [0.1, 0.15) is 6.42 Å². The highest BCUT2D eigenvalue weighted by Gasteiger charge is 2.13. The molecule has 0 N–H and O–H groups in total. The highest BCUT2D eigenvalue weighted by molar-refractivity contribution is 6.41. The third-order valence-corrected chi connectivity index (χ3v) is 2.96. The number of aromatic nitrogens is 2. The second-order valence-electron chi connectivity index (χ2n) is 3.49. The summed E-state index contributed by atoms with van der Waals surface area (Å²) >= 11 is 11.3. The molecule has 1 amide bonds. The molecule has 1 heterocycles. The van der Waals surface area contributed by atoms with E-state index in [2.05, 4.69) is 5.10 Å². The van der Waals surface area contributed by atoms with Crippen LogP contribution in [0.4, 0.5) is 0 Å². The van der Waals surface area contributed by atoms with E-state index in [9.17, 15) is 9.59 Å². The summed E-state index contributed by atoms with van der Waals surface area (Å²) in [5.41, 5.74) is -0.619. The van der Waals surface area contributed by atoms with Crippen LogP contribution < -0.4 is 5.56 Å². The molecule has 0 saturated carbocycles. The van der Waals surface area contributed by atoms with Gasteiger partial charge in [-0.05, 0) is 0 Å². The summed E-state index contributed by atoms with van der Waals surface area (Å²) in [6.45, 7) is 0.0586. The molecule has 0 aliphatic rings. The van der Waals surface area contributed by atoms with Gasteiger partial charge in [0.15, 0.2) is 0 Å². The fourth-order valence-electron chi connectivity index (χ4n) is 1.15. The van der Waals surface area contributed by atoms with Gasteiger partial charge < -0.3 is 4.90 Å². The normalized spacial score (nSPS) is 9.89. The van der Waals surface area contributed by atoms with E-state index in [1.54, 1.807) is 7.05 Å². The van der Waals surface area contributed by atoms with Crippen LogP contribution in [0.25, 0.3) is 0 Å². The van der Waals surface area contributed by atoms with E-state index in [0.29, 0.717) is 6.54 Å². The Morgan fingerprint density at radius 2 is 2.28 bits per heavy atom. The summed E-state index contributed by atoms with van der Waals surface area (Å²) in [7, 11) is 1.54. The molecule has 96 valence electrons. The van der Waals surface area contributed by atoms with Crippen molar-refractivity contribution in [3.8, 4) is 6.07 Å². The van der Waals surface area contributed by atoms with Crippen LogP contribution in [-0.4, -0.2) is 34.2 Å². The van der Waals surface area contributed by atoms with E-state index in [0.717, 1.165) is 4.68 Å². The number of carbonyl (C=O) groups is 1. The van der Waals surface area contributed by atoms with Gasteiger partial charge in [-0.25, -0.2) is 4.68 Å². The van der Waals surface area contributed by atoms with Crippen LogP contribution in [0.2, 0.25) is 10.0 Å². The summed E-state index contributed by atoms with van der Waals surface area (Å²) in [6, 6.07) is 1.93. The standard InChI is InChI=1S/C10H10Cl2N4O2/c1-15(4-2-3-13)8(17)6-16-10(18)9(12)7(11)5-14-16/h5H,2,4,6H2,1H3. The number of hydrogen-bond acceptors (Lipinski definition) is 4. The lowest BCUT2D eigenvalue weighted by Gasteiger charge is -2.15. The summed E-state index contributed by atoms with van der Waals surface area (Å²) in [5.74, 6) is -0.335. The number of likely N-dealkylation sites (N-methyl/N-ethyl adjacent to an activating group) is 1. The first-order chi connectivity index (χ1) is 8.47. The quantitative estimate of drug-likeness (QED) is 0.825. The van der Waals surface area contributed by atoms with Crippen LogP contribution in [0, 0.1) is 11.3 Å². The average molecular weight is 289 g/mol. The molecule has 0 atom stereocenters. The monoisotopic (exact) mass is 288 g/mol. The number of rotatable bonds is 4. The van der Waals surface area contributed by atoms with Crippen LogP contribution in [0.5, 0.6) is 0 Å². The average Bonchev–Trinajstić information content (AvgIpc) is 2.36. The lowest BCUT2D eigenvalue weighted by molar-refractivity contribution is -0.130. The maximum absolute atomic E-state index is 11.7. The fraction of sp³-hybridized carbons (Fsp3) is 0.400. The molecule has 0 spiro atoms. The molecule has 18 heavy (non-hydrogen) atoms. The lowest BCUT2D eigenvalue weighted by atomic mass is 10.4. The third-order valence-electron chi connectivity index (χ3n) is 2.21. The first-order valence-electron chi connectivity index (χ1n) is 4.99. The zero-order valence-electron chi connectivity index (χ0n) is 9.56. The van der Waals surface area contributed by atoms with Gasteiger partial charge in [0.05, 0.1) is 23.7 Å². The maximum atomic E-state index is 11.7. The van der Waals surface area contributed by atoms with E-state index in [-0.39, 0.29) is 28.9 Å². The summed E-state index contributed by atoms with van der Waals surface area (Å²) in [5, 5.41) is 12.0. The van der Waals surface area contributed by atoms with Crippen LogP contribution in [0.15, 0.2) is 11.0 Å². The van der Waals surface area contributed by atoms with Crippen molar-refractivity contribution >= 4 is 29.1 Å². The topological polar surface area (TPSA) is 79.0 Å². The molecule has 0 unspecified atom stereocenters. The molecule has 0 aliphatic carbocycles. The molecule has 1 aromatic rings. The largest absolute Gasteiger partial charge is 0.343 e. The van der Waals surface area contributed by atoms with Crippen molar-refractivity contribution in [2.75, 3.05) is 13.6 Å². The van der Waals surface area contributed by atoms with Crippen molar-refractivity contribution < 1.29 is 4.79 Å². The molecular weight excluding hydrogens is 279 g/mol. The van der Waals surface area contributed by atoms with Gasteiger partial charge in [-0.1, -0.05) is 23.2 Å². The minimum absolute atomic E-state index is 0.0446. The van der Waals surface area contributed by atoms with Crippen molar-refractivity contribution in [3.05, 3.63) is 26.6 Å². The maximum Gasteiger partial charge on any atom is 0.287 e. The van der Waals surface area contributed by atoms with Gasteiger partial charge >= 0.3 is 0 Å². The SMILES string of the molecule is CN(CCC#N)C(=O)Cn1ncc(Cl)c(Cl)c1=O. The molecule has 0 fully saturated rings. The number of amides is 1. The second-order valence-corrected chi connectivity index (χ2v) is 4.28. The Morgan fingerprint density at radius 1 is 1.61 bits per heavy atom. The van der Waals surface area contributed by atoms with E-state index in [4.69, 9.17) is 28.5 Å². The first-order valence-corrected chi connectivity index (χ1v) is 5.75. The van der Waals surface area contributed by atoms with Gasteiger partial charge in [0.1, 0.15) is 11.6 Å². The number of carbonyl (C=O) groups excluding carboxylic acids is 1. The third kappa shape index (κ3) is 3.45. The van der Waals surface area contributed by atoms with Crippen molar-refractivity contribution in [1.82, 2.24) is 14.7 Å². The zero-order chi connectivity index (χ0) is 13.7. The highest BCUT2D eigenvalue weighted by atomic mass is 35.5. The molecule has 1 rings (SSSR count). The molecule has 0 saturated heterocycles. The van der Waals surface area contributed by atoms with Crippen molar-refractivity contribution in [3.63, 3.8) is 0 Å². The summed E-state index contributed by atoms with van der Waals surface area (Å²) < 4.78 is 0.930. The lowest BCUT2D eigenvalue weighted by Crippen LogP contribution is -2.35. The number of nitrogens with zero attached hydrogens (tertiary/aromatic N) is 4. The Labute approximate surface area is 113 Å². The Kier molecular flexibility index (Phi) is 5.13. The van der Waals surface area contributed by atoms with E-state index < -0.39 is 5.56 Å². The number of hydrogen-bond donors (Lipinski definition) is 0. The molecule has 0 bridgehead atoms. The number of nitriles is 1. The minimum atomic E-state index is -0.619. The van der Waals surface area contributed by atoms with Crippen LogP contribution in [-0.2, 0) is 11.3 Å². The molecule has 1 aromatic heterocycles. The van der Waals surface area contributed by atoms with Crippen LogP contribution >= 0.6 is 23.2 Å². The van der Waals surface area contributed by atoms with Gasteiger partial charge in [-0.15, -0.1) is 0 Å². The Balaban J connectivity index is 2.80. The van der Waals surface area contributed by atoms with Gasteiger partial charge in [0.25, 0.3) is 5.56 Å². The predicted molar refractivity (Wildman–Crippen MR) is 66.4 cm³/mol. The van der Waals surface area contributed by atoms with Gasteiger partial charge in [0, 0.05) is 13.6 Å². The van der Waals surface area contributed by atoms with Crippen molar-refractivity contribution in [1.29, 1.82) is 5.26 Å². The zero-order valence-corrected chi connectivity index (χ0v) is 11.1. The second kappa shape index (κ2) is 6.38. The van der Waals surface area contributed by atoms with Crippen LogP contribution in [0.3, 0.4) is 0 Å². The van der Waals surface area contributed by atoms with E-state index in [1.807, 2.05) is 6.07 Å². The Morgan fingerprint density at radius 3 is 2.89 bits per heavy atom. The van der Waals surface area contributed by atoms with Crippen molar-refractivity contribution in [2.45, 2.75) is 13.0 Å². The molecule has 6 nitrogen and oxygen atoms in total. The predicted octanol–water partition coefficient (Wildman–Crippen LogP) is 0.922. The fourth-order valence-corrected chi connectivity index (χ4v) is 1.42. The number of halogens is 2. The first kappa shape index (κ1) is 14.5. The van der Waals surface area contributed by atoms with Gasteiger partial charge in [-0.2, -0.15) is 10.4 Å². The van der Waals surface area contributed by atoms with E-state index >= 15 is 0 Å². The Hall–Kier alpha value is -1.58. The smallest absolute Gasteiger partial charge is 0.287 e. The Bertz CT molecular complexity index is 550. The summed E-state index contributed by atoms with van der Waals surface area (Å²) in [4.78, 5) is 24.7. The van der Waals surface area contributed by atoms with Gasteiger partial charge in [-0.3, -0.25) is 9.59 Å². The molecule has 0 radical (unpaired) electrons. The minimum Gasteiger partial charge on any atom is -0.343 e.